The maximum absolute atomic E-state index is 9.87. The first-order chi connectivity index (χ1) is 7.99. The Kier molecular flexibility index (Phi) is 3.65. The molecule has 0 aromatic carbocycles. The third kappa shape index (κ3) is 2.17. The topological polar surface area (TPSA) is 40.5 Å². The quantitative estimate of drug-likeness (QED) is 0.726. The summed E-state index contributed by atoms with van der Waals surface area (Å²) in [7, 11) is 0. The van der Waals surface area contributed by atoms with E-state index < -0.39 is 0 Å². The molecule has 0 radical (unpaired) electrons. The molecule has 5 atom stereocenters. The third-order valence-corrected chi connectivity index (χ3v) is 5.48. The lowest BCUT2D eigenvalue weighted by molar-refractivity contribution is -0.0552. The van der Waals surface area contributed by atoms with Crippen molar-refractivity contribution in [3.63, 3.8) is 0 Å². The van der Waals surface area contributed by atoms with Crippen LogP contribution in [-0.4, -0.2) is 22.9 Å². The predicted molar refractivity (Wildman–Crippen MR) is 69.6 cm³/mol. The van der Waals surface area contributed by atoms with E-state index >= 15 is 0 Å². The average molecular weight is 238 g/mol. The highest BCUT2D eigenvalue weighted by molar-refractivity contribution is 5.08. The first-order valence-electron chi connectivity index (χ1n) is 6.94. The van der Waals surface area contributed by atoms with Crippen molar-refractivity contribution in [3.8, 4) is 0 Å². The Morgan fingerprint density at radius 3 is 2.65 bits per heavy atom. The highest BCUT2D eigenvalue weighted by Gasteiger charge is 2.51. The number of rotatable bonds is 2. The van der Waals surface area contributed by atoms with Crippen LogP contribution in [-0.2, 0) is 0 Å². The molecule has 2 saturated carbocycles. The van der Waals surface area contributed by atoms with E-state index in [1.54, 1.807) is 0 Å². The van der Waals surface area contributed by atoms with Crippen molar-refractivity contribution in [1.29, 1.82) is 0 Å². The van der Waals surface area contributed by atoms with E-state index in [0.717, 1.165) is 12.8 Å². The summed E-state index contributed by atoms with van der Waals surface area (Å²) in [4.78, 5) is 0. The molecule has 0 aromatic heterocycles. The molecule has 2 fully saturated rings. The molecule has 0 unspecified atom stereocenters. The molecule has 2 aliphatic rings. The van der Waals surface area contributed by atoms with Crippen molar-refractivity contribution in [2.75, 3.05) is 6.61 Å². The number of aliphatic hydroxyl groups excluding tert-OH is 2. The molecule has 2 N–H and O–H groups in total. The van der Waals surface area contributed by atoms with Crippen LogP contribution in [0.3, 0.4) is 0 Å². The molecule has 2 heteroatoms. The Labute approximate surface area is 105 Å². The van der Waals surface area contributed by atoms with Gasteiger partial charge in [0.15, 0.2) is 0 Å². The number of aliphatic hydroxyl groups is 2. The molecule has 0 aromatic rings. The van der Waals surface area contributed by atoms with E-state index in [1.165, 1.54) is 24.8 Å². The second-order valence-electron chi connectivity index (χ2n) is 6.43. The van der Waals surface area contributed by atoms with Gasteiger partial charge in [0.2, 0.25) is 0 Å². The van der Waals surface area contributed by atoms with Gasteiger partial charge in [-0.25, -0.2) is 0 Å². The largest absolute Gasteiger partial charge is 0.396 e. The fourth-order valence-electron chi connectivity index (χ4n) is 4.31. The minimum absolute atomic E-state index is 0.211. The van der Waals surface area contributed by atoms with E-state index in [4.69, 9.17) is 0 Å². The maximum atomic E-state index is 9.87. The smallest absolute Gasteiger partial charge is 0.0546 e. The van der Waals surface area contributed by atoms with Gasteiger partial charge in [0, 0.05) is 6.61 Å². The Morgan fingerprint density at radius 2 is 2.12 bits per heavy atom. The zero-order chi connectivity index (χ0) is 12.6. The van der Waals surface area contributed by atoms with Crippen molar-refractivity contribution < 1.29 is 10.2 Å². The highest BCUT2D eigenvalue weighted by Crippen LogP contribution is 2.58. The molecule has 2 rings (SSSR count). The lowest BCUT2D eigenvalue weighted by Crippen LogP contribution is -2.44. The molecule has 17 heavy (non-hydrogen) atoms. The highest BCUT2D eigenvalue weighted by atomic mass is 16.3. The zero-order valence-electron chi connectivity index (χ0n) is 11.2. The second-order valence-corrected chi connectivity index (χ2v) is 6.43. The molecule has 1 spiro atoms. The Morgan fingerprint density at radius 1 is 1.41 bits per heavy atom. The van der Waals surface area contributed by atoms with Gasteiger partial charge in [-0.2, -0.15) is 0 Å². The minimum atomic E-state index is -0.211. The van der Waals surface area contributed by atoms with Crippen LogP contribution in [0.1, 0.15) is 46.0 Å². The van der Waals surface area contributed by atoms with Gasteiger partial charge < -0.3 is 10.2 Å². The van der Waals surface area contributed by atoms with E-state index in [1.807, 2.05) is 0 Å². The van der Waals surface area contributed by atoms with Gasteiger partial charge in [0.05, 0.1) is 6.10 Å². The standard InChI is InChI=1S/C15H26O2/c1-10(2)12-4-5-15(8-12)11(3)6-14(17)7-13(15)9-16/h11-14,16-17H,1,4-9H2,2-3H3/t11-,12+,13+,14-,15-/m1/s1. The van der Waals surface area contributed by atoms with Gasteiger partial charge in [-0.15, -0.1) is 0 Å². The third-order valence-electron chi connectivity index (χ3n) is 5.48. The predicted octanol–water partition coefficient (Wildman–Crippen LogP) is 2.75. The molecule has 0 heterocycles. The fraction of sp³-hybridized carbons (Fsp3) is 0.867. The monoisotopic (exact) mass is 238 g/mol. The maximum Gasteiger partial charge on any atom is 0.0546 e. The van der Waals surface area contributed by atoms with Crippen molar-refractivity contribution >= 4 is 0 Å². The van der Waals surface area contributed by atoms with Gasteiger partial charge in [-0.05, 0) is 62.2 Å². The van der Waals surface area contributed by atoms with Crippen LogP contribution in [0.4, 0.5) is 0 Å². The van der Waals surface area contributed by atoms with Gasteiger partial charge in [0.1, 0.15) is 0 Å². The normalized spacial score (nSPS) is 46.4. The van der Waals surface area contributed by atoms with Crippen LogP contribution < -0.4 is 0 Å². The molecular weight excluding hydrogens is 212 g/mol. The fourth-order valence-corrected chi connectivity index (χ4v) is 4.31. The summed E-state index contributed by atoms with van der Waals surface area (Å²) in [6, 6.07) is 0. The average Bonchev–Trinajstić information content (AvgIpc) is 2.70. The first kappa shape index (κ1) is 13.1. The van der Waals surface area contributed by atoms with Crippen LogP contribution in [0.15, 0.2) is 12.2 Å². The summed E-state index contributed by atoms with van der Waals surface area (Å²) >= 11 is 0. The number of hydrogen-bond acceptors (Lipinski definition) is 2. The molecule has 2 aliphatic carbocycles. The molecule has 2 nitrogen and oxygen atoms in total. The van der Waals surface area contributed by atoms with Gasteiger partial charge >= 0.3 is 0 Å². The van der Waals surface area contributed by atoms with Crippen LogP contribution in [0, 0.1) is 23.2 Å². The summed E-state index contributed by atoms with van der Waals surface area (Å²) in [5.41, 5.74) is 1.55. The van der Waals surface area contributed by atoms with Crippen LogP contribution in [0.25, 0.3) is 0 Å². The van der Waals surface area contributed by atoms with Crippen molar-refractivity contribution in [2.45, 2.75) is 52.1 Å². The number of allylic oxidation sites excluding steroid dienone is 1. The molecule has 0 saturated heterocycles. The van der Waals surface area contributed by atoms with Gasteiger partial charge in [-0.1, -0.05) is 19.1 Å². The molecule has 0 amide bonds. The van der Waals surface area contributed by atoms with Crippen LogP contribution in [0.5, 0.6) is 0 Å². The van der Waals surface area contributed by atoms with Crippen molar-refractivity contribution in [3.05, 3.63) is 12.2 Å². The number of hydrogen-bond donors (Lipinski definition) is 2. The summed E-state index contributed by atoms with van der Waals surface area (Å²) in [6.45, 7) is 8.70. The summed E-state index contributed by atoms with van der Waals surface area (Å²) < 4.78 is 0. The van der Waals surface area contributed by atoms with Crippen LogP contribution in [0.2, 0.25) is 0 Å². The van der Waals surface area contributed by atoms with E-state index in [2.05, 4.69) is 20.4 Å². The molecular formula is C15H26O2. The first-order valence-corrected chi connectivity index (χ1v) is 6.94. The van der Waals surface area contributed by atoms with Gasteiger partial charge in [0.25, 0.3) is 0 Å². The Hall–Kier alpha value is -0.340. The van der Waals surface area contributed by atoms with Gasteiger partial charge in [-0.3, -0.25) is 0 Å². The molecule has 0 bridgehead atoms. The zero-order valence-corrected chi connectivity index (χ0v) is 11.2. The Balaban J connectivity index is 2.19. The second kappa shape index (κ2) is 4.74. The lowest BCUT2D eigenvalue weighted by Gasteiger charge is -2.48. The minimum Gasteiger partial charge on any atom is -0.396 e. The lowest BCUT2D eigenvalue weighted by atomic mass is 9.58. The summed E-state index contributed by atoms with van der Waals surface area (Å²) in [5.74, 6) is 1.43. The van der Waals surface area contributed by atoms with E-state index in [9.17, 15) is 10.2 Å². The van der Waals surface area contributed by atoms with E-state index in [0.29, 0.717) is 11.8 Å². The SMILES string of the molecule is C=C(C)[C@H]1CC[C@]2(C1)[C@H](CO)C[C@H](O)C[C@H]2C. The Bertz CT molecular complexity index is 299. The van der Waals surface area contributed by atoms with Crippen LogP contribution >= 0.6 is 0 Å². The summed E-state index contributed by atoms with van der Waals surface area (Å²) in [6.07, 6.45) is 5.05. The van der Waals surface area contributed by atoms with Crippen molar-refractivity contribution in [1.82, 2.24) is 0 Å². The van der Waals surface area contributed by atoms with E-state index in [-0.39, 0.29) is 24.0 Å². The summed E-state index contributed by atoms with van der Waals surface area (Å²) in [5, 5.41) is 19.5. The van der Waals surface area contributed by atoms with Crippen molar-refractivity contribution in [2.24, 2.45) is 23.2 Å². The molecule has 98 valence electrons. The molecule has 0 aliphatic heterocycles.